The lowest BCUT2D eigenvalue weighted by atomic mass is 9.98. The van der Waals surface area contributed by atoms with Gasteiger partial charge in [-0.05, 0) is 25.1 Å². The molecule has 0 aliphatic rings. The molecule has 28 heavy (non-hydrogen) atoms. The van der Waals surface area contributed by atoms with Crippen molar-refractivity contribution in [2.45, 2.75) is 19.0 Å². The van der Waals surface area contributed by atoms with Crippen molar-refractivity contribution in [1.29, 1.82) is 0 Å². The summed E-state index contributed by atoms with van der Waals surface area (Å²) in [5, 5.41) is 5.47. The molecule has 4 nitrogen and oxygen atoms in total. The van der Waals surface area contributed by atoms with Gasteiger partial charge < -0.3 is 15.4 Å². The summed E-state index contributed by atoms with van der Waals surface area (Å²) in [6, 6.07) is 25.3. The summed E-state index contributed by atoms with van der Waals surface area (Å²) in [5.41, 5.74) is 2.95. The van der Waals surface area contributed by atoms with Crippen molar-refractivity contribution >= 4 is 23.2 Å². The van der Waals surface area contributed by atoms with Gasteiger partial charge in [0, 0.05) is 16.8 Å². The number of amides is 1. The highest BCUT2D eigenvalue weighted by molar-refractivity contribution is 6.32. The first-order valence-corrected chi connectivity index (χ1v) is 9.55. The number of ether oxygens (including phenoxy) is 1. The molecule has 0 aliphatic heterocycles. The smallest absolute Gasteiger partial charge is 0.282 e. The highest BCUT2D eigenvalue weighted by Gasteiger charge is 2.24. The van der Waals surface area contributed by atoms with Gasteiger partial charge in [-0.1, -0.05) is 72.3 Å². The van der Waals surface area contributed by atoms with Gasteiger partial charge in [0.25, 0.3) is 5.91 Å². The van der Waals surface area contributed by atoms with E-state index < -0.39 is 0 Å². The average molecular weight is 396 g/mol. The Labute approximate surface area is 170 Å². The Morgan fingerprint density at radius 1 is 0.964 bits per heavy atom. The van der Waals surface area contributed by atoms with Crippen LogP contribution in [0.15, 0.2) is 78.9 Å². The number of hydrogen-bond donors (Lipinski definition) is 2. The van der Waals surface area contributed by atoms with Crippen LogP contribution in [0.5, 0.6) is 5.75 Å². The van der Waals surface area contributed by atoms with Gasteiger partial charge in [0.15, 0.2) is 6.04 Å². The first kappa shape index (κ1) is 19.9. The fourth-order valence-corrected chi connectivity index (χ4v) is 3.37. The Kier molecular flexibility index (Phi) is 6.69. The molecule has 1 amide bonds. The largest absolute Gasteiger partial charge is 0.495 e. The minimum absolute atomic E-state index is 0.0302. The number of carbonyl (C=O) groups is 1. The molecule has 0 heterocycles. The predicted octanol–water partition coefficient (Wildman–Crippen LogP) is 4.03. The van der Waals surface area contributed by atoms with Crippen LogP contribution >= 0.6 is 11.6 Å². The molecule has 0 aromatic heterocycles. The molecule has 3 aromatic rings. The molecule has 144 valence electrons. The van der Waals surface area contributed by atoms with Gasteiger partial charge in [-0.3, -0.25) is 4.79 Å². The van der Waals surface area contributed by atoms with Gasteiger partial charge in [0.2, 0.25) is 0 Å². The molecular formula is C23H24ClN2O2+. The number of methoxy groups -OCH3 is 1. The molecular weight excluding hydrogens is 372 g/mol. The van der Waals surface area contributed by atoms with Crippen LogP contribution in [-0.4, -0.2) is 19.1 Å². The van der Waals surface area contributed by atoms with E-state index in [-0.39, 0.29) is 18.0 Å². The zero-order valence-corrected chi connectivity index (χ0v) is 16.7. The third kappa shape index (κ3) is 4.91. The molecule has 0 saturated heterocycles. The van der Waals surface area contributed by atoms with Crippen LogP contribution in [0.2, 0.25) is 5.02 Å². The second-order valence-electron chi connectivity index (χ2n) is 6.62. The van der Waals surface area contributed by atoms with Crippen LogP contribution in [0.1, 0.15) is 24.1 Å². The number of benzene rings is 3. The van der Waals surface area contributed by atoms with E-state index in [9.17, 15) is 4.79 Å². The highest BCUT2D eigenvalue weighted by Crippen LogP contribution is 2.27. The van der Waals surface area contributed by atoms with E-state index in [2.05, 4.69) is 34.9 Å². The molecule has 0 fully saturated rings. The Hall–Kier alpha value is -2.82. The maximum Gasteiger partial charge on any atom is 0.282 e. The van der Waals surface area contributed by atoms with Gasteiger partial charge in [0.1, 0.15) is 11.8 Å². The van der Waals surface area contributed by atoms with E-state index in [1.165, 1.54) is 0 Å². The molecule has 0 unspecified atom stereocenters. The molecule has 3 N–H and O–H groups in total. The van der Waals surface area contributed by atoms with Gasteiger partial charge in [-0.15, -0.1) is 0 Å². The first-order valence-electron chi connectivity index (χ1n) is 9.17. The number of anilines is 1. The maximum absolute atomic E-state index is 12.8. The quantitative estimate of drug-likeness (QED) is 0.634. The zero-order valence-electron chi connectivity index (χ0n) is 15.9. The van der Waals surface area contributed by atoms with Crippen LogP contribution in [0.4, 0.5) is 5.69 Å². The van der Waals surface area contributed by atoms with E-state index in [0.717, 1.165) is 11.1 Å². The van der Waals surface area contributed by atoms with Crippen LogP contribution < -0.4 is 15.4 Å². The Morgan fingerprint density at radius 2 is 1.54 bits per heavy atom. The van der Waals surface area contributed by atoms with E-state index in [1.807, 2.05) is 43.3 Å². The summed E-state index contributed by atoms with van der Waals surface area (Å²) in [6.07, 6.45) is 0. The van der Waals surface area contributed by atoms with E-state index >= 15 is 0 Å². The summed E-state index contributed by atoms with van der Waals surface area (Å²) < 4.78 is 5.15. The molecule has 5 heteroatoms. The van der Waals surface area contributed by atoms with Gasteiger partial charge in [-0.2, -0.15) is 0 Å². The summed E-state index contributed by atoms with van der Waals surface area (Å²) in [4.78, 5) is 12.8. The number of hydrogen-bond acceptors (Lipinski definition) is 2. The van der Waals surface area contributed by atoms with E-state index in [4.69, 9.17) is 16.3 Å². The number of quaternary nitrogens is 1. The molecule has 1 atom stereocenters. The lowest BCUT2D eigenvalue weighted by molar-refractivity contribution is -0.704. The fraction of sp³-hybridized carbons (Fsp3) is 0.174. The molecule has 3 aromatic carbocycles. The van der Waals surface area contributed by atoms with Gasteiger partial charge in [-0.25, -0.2) is 0 Å². The molecule has 3 rings (SSSR count). The summed E-state index contributed by atoms with van der Waals surface area (Å²) in [6.45, 7) is 1.90. The Morgan fingerprint density at radius 3 is 2.04 bits per heavy atom. The third-order valence-electron chi connectivity index (χ3n) is 4.63. The fourth-order valence-electron chi connectivity index (χ4n) is 3.11. The molecule has 0 spiro atoms. The van der Waals surface area contributed by atoms with Crippen molar-refractivity contribution in [2.75, 3.05) is 12.4 Å². The summed E-state index contributed by atoms with van der Waals surface area (Å²) in [7, 11) is 1.56. The standard InChI is InChI=1S/C23H23ClN2O2/c1-16(23(27)26-19-13-14-21(28-2)20(24)15-19)25-22(17-9-5-3-6-10-17)18-11-7-4-8-12-18/h3-16,22,25H,1-2H3,(H,26,27)/p+1/t16-/m1/s1. The first-order chi connectivity index (χ1) is 13.6. The SMILES string of the molecule is COc1ccc(NC(=O)[C@@H](C)[NH2+]C(c2ccccc2)c2ccccc2)cc1Cl. The lowest BCUT2D eigenvalue weighted by Crippen LogP contribution is -2.92. The minimum Gasteiger partial charge on any atom is -0.495 e. The van der Waals surface area contributed by atoms with E-state index in [0.29, 0.717) is 16.5 Å². The molecule has 0 radical (unpaired) electrons. The second-order valence-corrected chi connectivity index (χ2v) is 7.03. The second kappa shape index (κ2) is 9.40. The number of carbonyl (C=O) groups excluding carboxylic acids is 1. The van der Waals surface area contributed by atoms with Crippen molar-refractivity contribution in [3.8, 4) is 5.75 Å². The highest BCUT2D eigenvalue weighted by atomic mass is 35.5. The Balaban J connectivity index is 1.75. The van der Waals surface area contributed by atoms with Crippen LogP contribution in [0.3, 0.4) is 0 Å². The molecule has 0 bridgehead atoms. The summed E-state index contributed by atoms with van der Waals surface area (Å²) >= 11 is 6.15. The number of rotatable bonds is 7. The zero-order chi connectivity index (χ0) is 19.9. The predicted molar refractivity (Wildman–Crippen MR) is 113 cm³/mol. The van der Waals surface area contributed by atoms with E-state index in [1.54, 1.807) is 25.3 Å². The van der Waals surface area contributed by atoms with Crippen LogP contribution in [0, 0.1) is 0 Å². The average Bonchev–Trinajstić information content (AvgIpc) is 2.73. The summed E-state index contributed by atoms with van der Waals surface area (Å²) in [5.74, 6) is 0.491. The van der Waals surface area contributed by atoms with Gasteiger partial charge >= 0.3 is 0 Å². The lowest BCUT2D eigenvalue weighted by Gasteiger charge is -2.21. The molecule has 0 aliphatic carbocycles. The maximum atomic E-state index is 12.8. The number of nitrogens with two attached hydrogens (primary N) is 1. The Bertz CT molecular complexity index is 877. The number of halogens is 1. The van der Waals surface area contributed by atoms with Crippen molar-refractivity contribution < 1.29 is 14.8 Å². The van der Waals surface area contributed by atoms with Crippen LogP contribution in [0.25, 0.3) is 0 Å². The van der Waals surface area contributed by atoms with Gasteiger partial charge in [0.05, 0.1) is 12.1 Å². The van der Waals surface area contributed by atoms with Crippen molar-refractivity contribution in [3.63, 3.8) is 0 Å². The number of nitrogens with one attached hydrogen (secondary N) is 1. The van der Waals surface area contributed by atoms with Crippen molar-refractivity contribution in [3.05, 3.63) is 95.0 Å². The van der Waals surface area contributed by atoms with Crippen molar-refractivity contribution in [2.24, 2.45) is 0 Å². The monoisotopic (exact) mass is 395 g/mol. The topological polar surface area (TPSA) is 54.9 Å². The normalized spacial score (nSPS) is 11.9. The minimum atomic E-state index is -0.300. The van der Waals surface area contributed by atoms with Crippen LogP contribution in [-0.2, 0) is 4.79 Å². The third-order valence-corrected chi connectivity index (χ3v) is 4.93. The van der Waals surface area contributed by atoms with Crippen molar-refractivity contribution in [1.82, 2.24) is 0 Å². The molecule has 0 saturated carbocycles.